The standard InChI is InChI=1S/C27H26ClN3O/c1-19-15-22(13-14-23(19)28)27(32)30(16-20-7-3-2-4-8-20)18-26-29-24-9-5-6-10-25(24)31(26)17-21-11-12-21/h2-10,13-15,21H,11-12,16-18H2,1H3. The maximum Gasteiger partial charge on any atom is 0.254 e. The van der Waals surface area contributed by atoms with Gasteiger partial charge in [-0.3, -0.25) is 4.79 Å². The van der Waals surface area contributed by atoms with Gasteiger partial charge in [0.1, 0.15) is 5.82 Å². The molecule has 1 aromatic heterocycles. The van der Waals surface area contributed by atoms with Gasteiger partial charge in [0, 0.05) is 23.7 Å². The summed E-state index contributed by atoms with van der Waals surface area (Å²) in [6.07, 6.45) is 2.53. The van der Waals surface area contributed by atoms with Crippen LogP contribution in [0.1, 0.15) is 40.2 Å². The summed E-state index contributed by atoms with van der Waals surface area (Å²) in [5, 5.41) is 0.669. The molecule has 0 aliphatic heterocycles. The van der Waals surface area contributed by atoms with Gasteiger partial charge in [-0.05, 0) is 67.1 Å². The van der Waals surface area contributed by atoms with Gasteiger partial charge < -0.3 is 9.47 Å². The lowest BCUT2D eigenvalue weighted by Crippen LogP contribution is -2.31. The summed E-state index contributed by atoms with van der Waals surface area (Å²) in [6.45, 7) is 3.86. The first kappa shape index (κ1) is 20.8. The number of fused-ring (bicyclic) bond motifs is 1. The summed E-state index contributed by atoms with van der Waals surface area (Å²) in [5.41, 5.74) is 4.77. The third-order valence-electron chi connectivity index (χ3n) is 6.11. The minimum absolute atomic E-state index is 0.0151. The fourth-order valence-corrected chi connectivity index (χ4v) is 4.26. The van der Waals surface area contributed by atoms with E-state index in [9.17, 15) is 4.79 Å². The van der Waals surface area contributed by atoms with Crippen molar-refractivity contribution in [1.29, 1.82) is 0 Å². The van der Waals surface area contributed by atoms with Crippen LogP contribution in [0, 0.1) is 12.8 Å². The third-order valence-corrected chi connectivity index (χ3v) is 6.54. The molecule has 0 radical (unpaired) electrons. The predicted octanol–water partition coefficient (Wildman–Crippen LogP) is 6.25. The average Bonchev–Trinajstić information content (AvgIpc) is 3.57. The average molecular weight is 444 g/mol. The molecule has 1 aliphatic carbocycles. The molecule has 1 heterocycles. The molecule has 4 nitrogen and oxygen atoms in total. The van der Waals surface area contributed by atoms with Crippen LogP contribution in [-0.4, -0.2) is 20.4 Å². The van der Waals surface area contributed by atoms with Gasteiger partial charge in [-0.1, -0.05) is 54.1 Å². The van der Waals surface area contributed by atoms with Crippen LogP contribution in [0.3, 0.4) is 0 Å². The number of imidazole rings is 1. The zero-order valence-corrected chi connectivity index (χ0v) is 18.9. The quantitative estimate of drug-likeness (QED) is 0.338. The van der Waals surface area contributed by atoms with E-state index in [0.29, 0.717) is 29.6 Å². The van der Waals surface area contributed by atoms with Crippen LogP contribution in [0.25, 0.3) is 11.0 Å². The van der Waals surface area contributed by atoms with Crippen LogP contribution in [-0.2, 0) is 19.6 Å². The Balaban J connectivity index is 1.52. The monoisotopic (exact) mass is 443 g/mol. The smallest absolute Gasteiger partial charge is 0.254 e. The summed E-state index contributed by atoms with van der Waals surface area (Å²) in [4.78, 5) is 20.4. The van der Waals surface area contributed by atoms with Crippen LogP contribution in [0.2, 0.25) is 5.02 Å². The zero-order chi connectivity index (χ0) is 22.1. The second kappa shape index (κ2) is 8.79. The number of amides is 1. The molecule has 0 N–H and O–H groups in total. The van der Waals surface area contributed by atoms with Crippen LogP contribution in [0.5, 0.6) is 0 Å². The van der Waals surface area contributed by atoms with Crippen LogP contribution < -0.4 is 0 Å². The topological polar surface area (TPSA) is 38.1 Å². The molecule has 0 atom stereocenters. The number of carbonyl (C=O) groups is 1. The molecule has 4 aromatic rings. The first-order valence-corrected chi connectivity index (χ1v) is 11.5. The van der Waals surface area contributed by atoms with Crippen molar-refractivity contribution in [3.8, 4) is 0 Å². The number of rotatable bonds is 7. The van der Waals surface area contributed by atoms with Crippen LogP contribution >= 0.6 is 11.6 Å². The second-order valence-corrected chi connectivity index (χ2v) is 9.09. The third kappa shape index (κ3) is 4.42. The predicted molar refractivity (Wildman–Crippen MR) is 129 cm³/mol. The van der Waals surface area contributed by atoms with Gasteiger partial charge in [0.2, 0.25) is 0 Å². The molecule has 0 unspecified atom stereocenters. The van der Waals surface area contributed by atoms with E-state index in [4.69, 9.17) is 16.6 Å². The van der Waals surface area contributed by atoms with Crippen molar-refractivity contribution >= 4 is 28.5 Å². The summed E-state index contributed by atoms with van der Waals surface area (Å²) in [5.74, 6) is 1.63. The van der Waals surface area contributed by atoms with Crippen molar-refractivity contribution in [3.63, 3.8) is 0 Å². The maximum atomic E-state index is 13.6. The van der Waals surface area contributed by atoms with E-state index in [1.807, 2.05) is 54.3 Å². The van der Waals surface area contributed by atoms with E-state index >= 15 is 0 Å². The summed E-state index contributed by atoms with van der Waals surface area (Å²) < 4.78 is 2.31. The first-order chi connectivity index (χ1) is 15.6. The van der Waals surface area contributed by atoms with E-state index < -0.39 is 0 Å². The number of hydrogen-bond donors (Lipinski definition) is 0. The Kier molecular flexibility index (Phi) is 5.71. The van der Waals surface area contributed by atoms with Crippen molar-refractivity contribution in [2.75, 3.05) is 0 Å². The van der Waals surface area contributed by atoms with Crippen molar-refractivity contribution < 1.29 is 4.79 Å². The van der Waals surface area contributed by atoms with Gasteiger partial charge in [0.15, 0.2) is 0 Å². The van der Waals surface area contributed by atoms with E-state index in [0.717, 1.165) is 34.5 Å². The van der Waals surface area contributed by atoms with Gasteiger partial charge >= 0.3 is 0 Å². The Labute approximate surface area is 193 Å². The number of benzene rings is 3. The van der Waals surface area contributed by atoms with Crippen molar-refractivity contribution in [1.82, 2.24) is 14.5 Å². The molecule has 5 rings (SSSR count). The number of halogens is 1. The number of nitrogens with zero attached hydrogens (tertiary/aromatic N) is 3. The maximum absolute atomic E-state index is 13.6. The lowest BCUT2D eigenvalue weighted by Gasteiger charge is -2.24. The molecule has 1 saturated carbocycles. The Morgan fingerprint density at radius 1 is 1.03 bits per heavy atom. The number of aromatic nitrogens is 2. The van der Waals surface area contributed by atoms with Gasteiger partial charge in [-0.25, -0.2) is 4.98 Å². The molecule has 1 fully saturated rings. The van der Waals surface area contributed by atoms with E-state index in [1.165, 1.54) is 12.8 Å². The normalized spacial score (nSPS) is 13.4. The number of para-hydroxylation sites is 2. The highest BCUT2D eigenvalue weighted by atomic mass is 35.5. The fraction of sp³-hybridized carbons (Fsp3) is 0.259. The molecule has 0 spiro atoms. The Morgan fingerprint density at radius 3 is 2.53 bits per heavy atom. The summed E-state index contributed by atoms with van der Waals surface area (Å²) in [7, 11) is 0. The van der Waals surface area contributed by atoms with Gasteiger partial charge in [-0.2, -0.15) is 0 Å². The molecule has 3 aromatic carbocycles. The SMILES string of the molecule is Cc1cc(C(=O)N(Cc2ccccc2)Cc2nc3ccccc3n2CC2CC2)ccc1Cl. The molecule has 1 amide bonds. The van der Waals surface area contributed by atoms with Crippen molar-refractivity contribution in [3.05, 3.63) is 100 Å². The van der Waals surface area contributed by atoms with Crippen LogP contribution in [0.4, 0.5) is 0 Å². The molecule has 5 heteroatoms. The lowest BCUT2D eigenvalue weighted by atomic mass is 10.1. The van der Waals surface area contributed by atoms with E-state index in [-0.39, 0.29) is 5.91 Å². The molecular weight excluding hydrogens is 418 g/mol. The fourth-order valence-electron chi connectivity index (χ4n) is 4.14. The molecule has 32 heavy (non-hydrogen) atoms. The Morgan fingerprint density at radius 2 is 1.78 bits per heavy atom. The van der Waals surface area contributed by atoms with Crippen molar-refractivity contribution in [2.45, 2.75) is 39.4 Å². The highest BCUT2D eigenvalue weighted by Crippen LogP contribution is 2.33. The molecule has 162 valence electrons. The number of hydrogen-bond acceptors (Lipinski definition) is 2. The van der Waals surface area contributed by atoms with Gasteiger partial charge in [0.05, 0.1) is 17.6 Å². The number of aryl methyl sites for hydroxylation is 1. The van der Waals surface area contributed by atoms with Gasteiger partial charge in [0.25, 0.3) is 5.91 Å². The van der Waals surface area contributed by atoms with Crippen molar-refractivity contribution in [2.24, 2.45) is 5.92 Å². The second-order valence-electron chi connectivity index (χ2n) is 8.68. The molecule has 1 aliphatic rings. The largest absolute Gasteiger partial charge is 0.327 e. The number of carbonyl (C=O) groups excluding carboxylic acids is 1. The zero-order valence-electron chi connectivity index (χ0n) is 18.2. The highest BCUT2D eigenvalue weighted by molar-refractivity contribution is 6.31. The molecule has 0 bridgehead atoms. The summed E-state index contributed by atoms with van der Waals surface area (Å²) in [6, 6.07) is 23.8. The van der Waals surface area contributed by atoms with E-state index in [1.54, 1.807) is 6.07 Å². The molecular formula is C27H26ClN3O. The van der Waals surface area contributed by atoms with Gasteiger partial charge in [-0.15, -0.1) is 0 Å². The Hall–Kier alpha value is -3.11. The van der Waals surface area contributed by atoms with Crippen LogP contribution in [0.15, 0.2) is 72.8 Å². The highest BCUT2D eigenvalue weighted by Gasteiger charge is 2.26. The Bertz CT molecular complexity index is 1260. The lowest BCUT2D eigenvalue weighted by molar-refractivity contribution is 0.0723. The minimum Gasteiger partial charge on any atom is -0.327 e. The van der Waals surface area contributed by atoms with E-state index in [2.05, 4.69) is 28.8 Å². The first-order valence-electron chi connectivity index (χ1n) is 11.1. The summed E-state index contributed by atoms with van der Waals surface area (Å²) >= 11 is 6.21. The molecule has 0 saturated heterocycles. The minimum atomic E-state index is -0.0151.